The fraction of sp³-hybridized carbons (Fsp3) is 0.333. The maximum atomic E-state index is 13.3. The summed E-state index contributed by atoms with van der Waals surface area (Å²) in [5.74, 6) is 0.141. The van der Waals surface area contributed by atoms with Crippen molar-refractivity contribution < 1.29 is 4.39 Å². The van der Waals surface area contributed by atoms with Gasteiger partial charge in [0.2, 0.25) is 0 Å². The highest BCUT2D eigenvalue weighted by molar-refractivity contribution is 6.30. The van der Waals surface area contributed by atoms with Gasteiger partial charge in [-0.05, 0) is 54.1 Å². The molecule has 0 fully saturated rings. The third kappa shape index (κ3) is 2.97. The van der Waals surface area contributed by atoms with Crippen LogP contribution >= 0.6 is 11.6 Å². The van der Waals surface area contributed by atoms with E-state index in [1.807, 2.05) is 6.07 Å². The largest absolute Gasteiger partial charge is 0.310 e. The molecule has 21 heavy (non-hydrogen) atoms. The summed E-state index contributed by atoms with van der Waals surface area (Å²) in [4.78, 5) is 0. The summed E-state index contributed by atoms with van der Waals surface area (Å²) in [5, 5.41) is 3.80. The molecule has 2 unspecified atom stereocenters. The Kier molecular flexibility index (Phi) is 4.27. The van der Waals surface area contributed by atoms with Crippen molar-refractivity contribution in [3.05, 3.63) is 70.0 Å². The van der Waals surface area contributed by atoms with E-state index in [4.69, 9.17) is 11.6 Å². The molecule has 0 saturated heterocycles. The zero-order chi connectivity index (χ0) is 14.8. The van der Waals surface area contributed by atoms with E-state index in [9.17, 15) is 4.39 Å². The minimum atomic E-state index is -0.349. The lowest BCUT2D eigenvalue weighted by Crippen LogP contribution is -2.26. The third-order valence-electron chi connectivity index (χ3n) is 4.25. The number of nitrogens with one attached hydrogen (secondary N) is 1. The minimum absolute atomic E-state index is 0.211. The predicted molar refractivity (Wildman–Crippen MR) is 85.2 cm³/mol. The van der Waals surface area contributed by atoms with E-state index in [2.05, 4.69) is 36.5 Å². The molecule has 3 heteroatoms. The summed E-state index contributed by atoms with van der Waals surface area (Å²) in [5.41, 5.74) is 3.92. The number of hydrogen-bond acceptors (Lipinski definition) is 1. The summed E-state index contributed by atoms with van der Waals surface area (Å²) >= 11 is 5.90. The van der Waals surface area contributed by atoms with Crippen molar-refractivity contribution in [2.75, 3.05) is 6.54 Å². The second kappa shape index (κ2) is 6.17. The second-order valence-corrected chi connectivity index (χ2v) is 6.06. The molecular formula is C18H19ClFN. The van der Waals surface area contributed by atoms with E-state index in [0.717, 1.165) is 24.9 Å². The average molecular weight is 304 g/mol. The number of rotatable bonds is 4. The Hall–Kier alpha value is -1.38. The molecule has 0 bridgehead atoms. The normalized spacial score (nSPS) is 20.5. The molecule has 1 nitrogen and oxygen atoms in total. The number of fused-ring (bicyclic) bond motifs is 1. The van der Waals surface area contributed by atoms with Gasteiger partial charge in [0.05, 0.1) is 5.02 Å². The van der Waals surface area contributed by atoms with Gasteiger partial charge in [0.25, 0.3) is 0 Å². The maximum absolute atomic E-state index is 13.3. The molecule has 0 aliphatic heterocycles. The van der Waals surface area contributed by atoms with E-state index >= 15 is 0 Å². The van der Waals surface area contributed by atoms with Crippen LogP contribution in [0.4, 0.5) is 4.39 Å². The first-order chi connectivity index (χ1) is 10.2. The van der Waals surface area contributed by atoms with Crippen LogP contribution in [0.2, 0.25) is 5.02 Å². The van der Waals surface area contributed by atoms with Crippen LogP contribution in [0.3, 0.4) is 0 Å². The summed E-state index contributed by atoms with van der Waals surface area (Å²) in [6.45, 7) is 3.08. The van der Waals surface area contributed by atoms with Crippen LogP contribution in [0.15, 0.2) is 42.5 Å². The molecule has 0 amide bonds. The number of benzene rings is 2. The molecule has 1 N–H and O–H groups in total. The lowest BCUT2D eigenvalue weighted by molar-refractivity contribution is 0.393. The molecule has 0 spiro atoms. The van der Waals surface area contributed by atoms with Gasteiger partial charge in [-0.15, -0.1) is 0 Å². The van der Waals surface area contributed by atoms with Crippen LogP contribution in [0.5, 0.6) is 0 Å². The topological polar surface area (TPSA) is 12.0 Å². The van der Waals surface area contributed by atoms with Gasteiger partial charge in [-0.25, -0.2) is 4.39 Å². The molecule has 2 aromatic carbocycles. The highest BCUT2D eigenvalue weighted by atomic mass is 35.5. The van der Waals surface area contributed by atoms with Crippen molar-refractivity contribution in [3.63, 3.8) is 0 Å². The summed E-state index contributed by atoms with van der Waals surface area (Å²) < 4.78 is 13.3. The Balaban J connectivity index is 1.83. The Bertz CT molecular complexity index is 641. The lowest BCUT2D eigenvalue weighted by Gasteiger charge is -2.21. The monoisotopic (exact) mass is 303 g/mol. The van der Waals surface area contributed by atoms with Crippen LogP contribution in [-0.2, 0) is 12.8 Å². The molecule has 1 aliphatic carbocycles. The van der Waals surface area contributed by atoms with Crippen LogP contribution in [0, 0.1) is 11.7 Å². The van der Waals surface area contributed by atoms with Crippen molar-refractivity contribution in [2.45, 2.75) is 25.8 Å². The quantitative estimate of drug-likeness (QED) is 0.874. The molecule has 2 aromatic rings. The van der Waals surface area contributed by atoms with Gasteiger partial charge in [-0.2, -0.15) is 0 Å². The summed E-state index contributed by atoms with van der Waals surface area (Å²) in [7, 11) is 0. The molecule has 1 aliphatic rings. The number of hydrogen-bond donors (Lipinski definition) is 1. The molecule has 2 atom stereocenters. The van der Waals surface area contributed by atoms with Gasteiger partial charge in [0, 0.05) is 6.04 Å². The Morgan fingerprint density at radius 3 is 2.81 bits per heavy atom. The Morgan fingerprint density at radius 1 is 1.24 bits per heavy atom. The van der Waals surface area contributed by atoms with Crippen LogP contribution in [0.1, 0.15) is 29.7 Å². The van der Waals surface area contributed by atoms with Gasteiger partial charge >= 0.3 is 0 Å². The van der Waals surface area contributed by atoms with Crippen molar-refractivity contribution in [1.82, 2.24) is 5.32 Å². The van der Waals surface area contributed by atoms with E-state index in [-0.39, 0.29) is 10.8 Å². The Labute approximate surface area is 130 Å². The van der Waals surface area contributed by atoms with Gasteiger partial charge < -0.3 is 5.32 Å². The van der Waals surface area contributed by atoms with Crippen LogP contribution in [-0.4, -0.2) is 6.54 Å². The molecule has 0 heterocycles. The summed E-state index contributed by atoms with van der Waals surface area (Å²) in [6, 6.07) is 14.0. The zero-order valence-electron chi connectivity index (χ0n) is 12.1. The first-order valence-corrected chi connectivity index (χ1v) is 7.82. The third-order valence-corrected chi connectivity index (χ3v) is 4.54. The molecular weight excluding hydrogens is 285 g/mol. The smallest absolute Gasteiger partial charge is 0.141 e. The second-order valence-electron chi connectivity index (χ2n) is 5.65. The SMILES string of the molecule is CCNC1c2ccccc2CC1Cc1ccc(F)c(Cl)c1. The molecule has 3 rings (SSSR count). The van der Waals surface area contributed by atoms with Crippen molar-refractivity contribution >= 4 is 11.6 Å². The lowest BCUT2D eigenvalue weighted by atomic mass is 9.92. The number of halogens is 2. The standard InChI is InChI=1S/C18H19ClFN/c1-2-21-18-14(11-13-5-3-4-6-15(13)18)9-12-7-8-17(20)16(19)10-12/h3-8,10,14,18,21H,2,9,11H2,1H3. The highest BCUT2D eigenvalue weighted by Crippen LogP contribution is 2.38. The zero-order valence-corrected chi connectivity index (χ0v) is 12.8. The minimum Gasteiger partial charge on any atom is -0.310 e. The summed E-state index contributed by atoms with van der Waals surface area (Å²) in [6.07, 6.45) is 1.97. The van der Waals surface area contributed by atoms with Crippen LogP contribution in [0.25, 0.3) is 0 Å². The molecule has 0 aromatic heterocycles. The van der Waals surface area contributed by atoms with E-state index in [0.29, 0.717) is 12.0 Å². The van der Waals surface area contributed by atoms with Crippen LogP contribution < -0.4 is 5.32 Å². The first-order valence-electron chi connectivity index (χ1n) is 7.44. The molecule has 0 saturated carbocycles. The van der Waals surface area contributed by atoms with E-state index in [1.54, 1.807) is 6.07 Å². The molecule has 0 radical (unpaired) electrons. The average Bonchev–Trinajstić information content (AvgIpc) is 2.81. The van der Waals surface area contributed by atoms with Crippen molar-refractivity contribution in [2.24, 2.45) is 5.92 Å². The fourth-order valence-corrected chi connectivity index (χ4v) is 3.54. The van der Waals surface area contributed by atoms with E-state index < -0.39 is 0 Å². The highest BCUT2D eigenvalue weighted by Gasteiger charge is 2.31. The van der Waals surface area contributed by atoms with E-state index in [1.165, 1.54) is 17.2 Å². The Morgan fingerprint density at radius 2 is 2.05 bits per heavy atom. The van der Waals surface area contributed by atoms with Crippen molar-refractivity contribution in [1.29, 1.82) is 0 Å². The molecule has 110 valence electrons. The van der Waals surface area contributed by atoms with Gasteiger partial charge in [-0.1, -0.05) is 48.9 Å². The van der Waals surface area contributed by atoms with Gasteiger partial charge in [0.1, 0.15) is 5.82 Å². The predicted octanol–water partition coefficient (Wildman–Crippen LogP) is 4.54. The fourth-order valence-electron chi connectivity index (χ4n) is 3.33. The van der Waals surface area contributed by atoms with Gasteiger partial charge in [-0.3, -0.25) is 0 Å². The van der Waals surface area contributed by atoms with Gasteiger partial charge in [0.15, 0.2) is 0 Å². The maximum Gasteiger partial charge on any atom is 0.141 e. The first kappa shape index (κ1) is 14.6. The van der Waals surface area contributed by atoms with Crippen molar-refractivity contribution in [3.8, 4) is 0 Å².